The van der Waals surface area contributed by atoms with E-state index in [9.17, 15) is 9.59 Å². The minimum atomic E-state index is -0.290. The molecule has 0 spiro atoms. The van der Waals surface area contributed by atoms with E-state index in [4.69, 9.17) is 0 Å². The summed E-state index contributed by atoms with van der Waals surface area (Å²) in [6.45, 7) is 1.62. The summed E-state index contributed by atoms with van der Waals surface area (Å²) >= 11 is 1.27. The number of hydrogen-bond acceptors (Lipinski definition) is 6. The molecule has 0 atom stereocenters. The number of carbonyl (C=O) groups excluding carboxylic acids is 1. The molecule has 1 aliphatic carbocycles. The average Bonchev–Trinajstić information content (AvgIpc) is 3.01. The molecule has 128 valence electrons. The van der Waals surface area contributed by atoms with Gasteiger partial charge in [-0.1, -0.05) is 23.9 Å². The molecule has 0 fully saturated rings. The van der Waals surface area contributed by atoms with Crippen molar-refractivity contribution in [2.75, 3.05) is 5.75 Å². The van der Waals surface area contributed by atoms with Gasteiger partial charge in [0.15, 0.2) is 5.78 Å². The largest absolute Gasteiger partial charge is 0.293 e. The van der Waals surface area contributed by atoms with Gasteiger partial charge in [0, 0.05) is 5.56 Å². The summed E-state index contributed by atoms with van der Waals surface area (Å²) < 4.78 is 1.46. The third kappa shape index (κ3) is 3.09. The van der Waals surface area contributed by atoms with E-state index in [-0.39, 0.29) is 22.9 Å². The number of aryl methyl sites for hydroxylation is 3. The van der Waals surface area contributed by atoms with Gasteiger partial charge in [0.05, 0.1) is 5.75 Å². The summed E-state index contributed by atoms with van der Waals surface area (Å²) in [6.07, 6.45) is 4.57. The number of rotatable bonds is 4. The zero-order valence-electron chi connectivity index (χ0n) is 13.8. The van der Waals surface area contributed by atoms with Gasteiger partial charge in [0.25, 0.3) is 11.3 Å². The summed E-state index contributed by atoms with van der Waals surface area (Å²) in [7, 11) is 0. The number of H-pyrrole nitrogens is 1. The number of nitrogens with zero attached hydrogens (tertiary/aromatic N) is 4. The SMILES string of the molecule is Cc1nn2c(SCC(=O)c3ccc4c(c3)CCCC4)nnc2[nH]c1=O. The Kier molecular flexibility index (Phi) is 4.12. The van der Waals surface area contributed by atoms with Gasteiger partial charge < -0.3 is 0 Å². The Morgan fingerprint density at radius 2 is 2.04 bits per heavy atom. The average molecular weight is 355 g/mol. The maximum atomic E-state index is 12.5. The molecular weight excluding hydrogens is 338 g/mol. The fourth-order valence-corrected chi connectivity index (χ4v) is 3.81. The van der Waals surface area contributed by atoms with Crippen molar-refractivity contribution < 1.29 is 4.79 Å². The summed E-state index contributed by atoms with van der Waals surface area (Å²) in [4.78, 5) is 26.7. The van der Waals surface area contributed by atoms with Crippen LogP contribution in [0.3, 0.4) is 0 Å². The molecule has 0 amide bonds. The van der Waals surface area contributed by atoms with E-state index in [2.05, 4.69) is 26.3 Å². The molecule has 0 saturated carbocycles. The number of Topliss-reactive ketones (excluding diaryl/α,β-unsaturated/α-hetero) is 1. The van der Waals surface area contributed by atoms with E-state index in [1.165, 1.54) is 40.2 Å². The second-order valence-electron chi connectivity index (χ2n) is 6.16. The number of carbonyl (C=O) groups is 1. The molecule has 1 N–H and O–H groups in total. The van der Waals surface area contributed by atoms with Gasteiger partial charge in [-0.25, -0.2) is 0 Å². The fourth-order valence-electron chi connectivity index (χ4n) is 3.03. The maximum Gasteiger partial charge on any atom is 0.273 e. The minimum absolute atomic E-state index is 0.0521. The van der Waals surface area contributed by atoms with Crippen molar-refractivity contribution in [3.05, 3.63) is 50.9 Å². The molecule has 7 nitrogen and oxygen atoms in total. The molecule has 1 aromatic carbocycles. The molecule has 2 aromatic heterocycles. The second kappa shape index (κ2) is 6.44. The number of nitrogens with one attached hydrogen (secondary N) is 1. The molecule has 0 aliphatic heterocycles. The quantitative estimate of drug-likeness (QED) is 0.568. The summed E-state index contributed by atoms with van der Waals surface area (Å²) in [5, 5.41) is 12.5. The molecule has 0 bridgehead atoms. The van der Waals surface area contributed by atoms with Gasteiger partial charge in [-0.15, -0.1) is 10.2 Å². The minimum Gasteiger partial charge on any atom is -0.293 e. The molecule has 1 aliphatic rings. The van der Waals surface area contributed by atoms with Crippen molar-refractivity contribution in [1.29, 1.82) is 0 Å². The lowest BCUT2D eigenvalue weighted by atomic mass is 9.90. The third-order valence-corrected chi connectivity index (χ3v) is 5.34. The van der Waals surface area contributed by atoms with E-state index >= 15 is 0 Å². The second-order valence-corrected chi connectivity index (χ2v) is 7.10. The Morgan fingerprint density at radius 1 is 1.24 bits per heavy atom. The number of ketones is 1. The highest BCUT2D eigenvalue weighted by Crippen LogP contribution is 2.23. The van der Waals surface area contributed by atoms with E-state index in [1.807, 2.05) is 12.1 Å². The summed E-state index contributed by atoms with van der Waals surface area (Å²) in [6, 6.07) is 6.02. The monoisotopic (exact) mass is 355 g/mol. The first-order valence-electron chi connectivity index (χ1n) is 8.22. The lowest BCUT2D eigenvalue weighted by Gasteiger charge is -2.16. The summed E-state index contributed by atoms with van der Waals surface area (Å²) in [5.74, 6) is 0.579. The van der Waals surface area contributed by atoms with Crippen LogP contribution in [0.5, 0.6) is 0 Å². The van der Waals surface area contributed by atoms with Gasteiger partial charge in [-0.2, -0.15) is 9.61 Å². The van der Waals surface area contributed by atoms with Gasteiger partial charge in [-0.05, 0) is 49.8 Å². The van der Waals surface area contributed by atoms with Crippen molar-refractivity contribution in [1.82, 2.24) is 24.8 Å². The molecule has 0 radical (unpaired) electrons. The van der Waals surface area contributed by atoms with Crippen LogP contribution >= 0.6 is 11.8 Å². The van der Waals surface area contributed by atoms with Crippen molar-refractivity contribution in [2.45, 2.75) is 37.8 Å². The predicted octanol–water partition coefficient (Wildman–Crippen LogP) is 1.97. The van der Waals surface area contributed by atoms with Crippen LogP contribution in [0.2, 0.25) is 0 Å². The normalized spacial score (nSPS) is 13.8. The highest BCUT2D eigenvalue weighted by Gasteiger charge is 2.15. The molecule has 8 heteroatoms. The Labute approximate surface area is 147 Å². The molecule has 25 heavy (non-hydrogen) atoms. The first kappa shape index (κ1) is 16.0. The lowest BCUT2D eigenvalue weighted by molar-refractivity contribution is 0.102. The number of aromatic amines is 1. The van der Waals surface area contributed by atoms with Gasteiger partial charge in [-0.3, -0.25) is 14.6 Å². The van der Waals surface area contributed by atoms with Crippen LogP contribution < -0.4 is 5.56 Å². The first-order valence-corrected chi connectivity index (χ1v) is 9.20. The van der Waals surface area contributed by atoms with E-state index in [0.29, 0.717) is 10.9 Å². The Morgan fingerprint density at radius 3 is 2.88 bits per heavy atom. The number of thioether (sulfide) groups is 1. The molecule has 0 unspecified atom stereocenters. The van der Waals surface area contributed by atoms with E-state index < -0.39 is 0 Å². The standard InChI is InChI=1S/C17H17N5O2S/c1-10-15(24)18-16-19-20-17(22(16)21-10)25-9-14(23)13-7-6-11-4-2-3-5-12(11)8-13/h6-8H,2-5,9H2,1H3,(H,18,19,24). The number of hydrogen-bond donors (Lipinski definition) is 1. The zero-order chi connectivity index (χ0) is 17.4. The van der Waals surface area contributed by atoms with Gasteiger partial charge in [0.2, 0.25) is 5.16 Å². The van der Waals surface area contributed by atoms with Crippen LogP contribution in [0.4, 0.5) is 0 Å². The van der Waals surface area contributed by atoms with Crippen LogP contribution in [0.25, 0.3) is 5.78 Å². The molecule has 3 aromatic rings. The van der Waals surface area contributed by atoms with Crippen LogP contribution in [-0.2, 0) is 12.8 Å². The van der Waals surface area contributed by atoms with Crippen LogP contribution in [-0.4, -0.2) is 36.3 Å². The Balaban J connectivity index is 1.52. The van der Waals surface area contributed by atoms with Crippen LogP contribution in [0.15, 0.2) is 28.2 Å². The number of benzene rings is 1. The summed E-state index contributed by atoms with van der Waals surface area (Å²) in [5.41, 5.74) is 3.43. The molecule has 0 saturated heterocycles. The highest BCUT2D eigenvalue weighted by atomic mass is 32.2. The number of aromatic nitrogens is 5. The highest BCUT2D eigenvalue weighted by molar-refractivity contribution is 7.99. The zero-order valence-corrected chi connectivity index (χ0v) is 14.6. The third-order valence-electron chi connectivity index (χ3n) is 4.42. The van der Waals surface area contributed by atoms with Crippen LogP contribution in [0.1, 0.15) is 40.0 Å². The molecule has 2 heterocycles. The Hall–Kier alpha value is -2.48. The van der Waals surface area contributed by atoms with Crippen molar-refractivity contribution in [2.24, 2.45) is 0 Å². The molecular formula is C17H17N5O2S. The fraction of sp³-hybridized carbons (Fsp3) is 0.353. The Bertz CT molecular complexity index is 1020. The topological polar surface area (TPSA) is 93.0 Å². The van der Waals surface area contributed by atoms with Gasteiger partial charge in [0.1, 0.15) is 5.69 Å². The maximum absolute atomic E-state index is 12.5. The van der Waals surface area contributed by atoms with Gasteiger partial charge >= 0.3 is 0 Å². The van der Waals surface area contributed by atoms with E-state index in [0.717, 1.165) is 18.4 Å². The van der Waals surface area contributed by atoms with E-state index in [1.54, 1.807) is 6.92 Å². The number of fused-ring (bicyclic) bond motifs is 2. The van der Waals surface area contributed by atoms with Crippen molar-refractivity contribution >= 4 is 23.3 Å². The van der Waals surface area contributed by atoms with Crippen LogP contribution in [0, 0.1) is 6.92 Å². The van der Waals surface area contributed by atoms with Crippen molar-refractivity contribution in [3.63, 3.8) is 0 Å². The smallest absolute Gasteiger partial charge is 0.273 e. The first-order chi connectivity index (χ1) is 12.1. The van der Waals surface area contributed by atoms with Crippen molar-refractivity contribution in [3.8, 4) is 0 Å². The predicted molar refractivity (Wildman–Crippen MR) is 94.3 cm³/mol. The molecule has 4 rings (SSSR count). The lowest BCUT2D eigenvalue weighted by Crippen LogP contribution is -2.15.